The molecule has 0 radical (unpaired) electrons. The molecule has 124 valence electrons. The second kappa shape index (κ2) is 6.26. The molecule has 0 amide bonds. The zero-order chi connectivity index (χ0) is 17.4. The van der Waals surface area contributed by atoms with E-state index in [0.29, 0.717) is 21.0 Å². The van der Waals surface area contributed by atoms with Gasteiger partial charge in [0.05, 0.1) is 15.1 Å². The van der Waals surface area contributed by atoms with Crippen LogP contribution in [-0.2, 0) is 0 Å². The molecule has 25 heavy (non-hydrogen) atoms. The predicted octanol–water partition coefficient (Wildman–Crippen LogP) is 4.71. The summed E-state index contributed by atoms with van der Waals surface area (Å²) in [7, 11) is 0. The smallest absolute Gasteiger partial charge is 0.284 e. The van der Waals surface area contributed by atoms with E-state index in [2.05, 4.69) is 15.2 Å². The van der Waals surface area contributed by atoms with Crippen LogP contribution in [0.2, 0.25) is 0 Å². The van der Waals surface area contributed by atoms with Crippen LogP contribution >= 0.6 is 23.1 Å². The molecule has 0 fully saturated rings. The second-order valence-electron chi connectivity index (χ2n) is 5.23. The molecule has 0 atom stereocenters. The molecule has 9 heteroatoms. The maximum Gasteiger partial charge on any atom is 0.284 e. The van der Waals surface area contributed by atoms with Crippen LogP contribution in [0, 0.1) is 17.0 Å². The molecule has 0 aliphatic rings. The van der Waals surface area contributed by atoms with Gasteiger partial charge in [0.1, 0.15) is 0 Å². The lowest BCUT2D eigenvalue weighted by Gasteiger charge is -1.94. The number of nitro groups is 1. The normalized spacial score (nSPS) is 11.1. The van der Waals surface area contributed by atoms with Crippen molar-refractivity contribution in [3.05, 3.63) is 58.1 Å². The fourth-order valence-electron chi connectivity index (χ4n) is 2.19. The van der Waals surface area contributed by atoms with Crippen molar-refractivity contribution in [3.8, 4) is 11.5 Å². The molecule has 0 saturated heterocycles. The summed E-state index contributed by atoms with van der Waals surface area (Å²) in [5.41, 5.74) is 2.76. The van der Waals surface area contributed by atoms with Crippen molar-refractivity contribution in [3.63, 3.8) is 0 Å². The van der Waals surface area contributed by atoms with Crippen LogP contribution in [0.3, 0.4) is 0 Å². The number of hydrogen-bond acceptors (Lipinski definition) is 8. The van der Waals surface area contributed by atoms with E-state index in [-0.39, 0.29) is 5.69 Å². The number of thiazole rings is 1. The average molecular weight is 370 g/mol. The summed E-state index contributed by atoms with van der Waals surface area (Å²) in [6.45, 7) is 2.01. The SMILES string of the molecule is Cc1ccc(-c2nnc(Sc3nc4ccc([N+](=O)[O-])cc4s3)o2)cc1. The third-order valence-electron chi connectivity index (χ3n) is 3.44. The number of benzene rings is 2. The van der Waals surface area contributed by atoms with Gasteiger partial charge in [-0.25, -0.2) is 4.98 Å². The largest absolute Gasteiger partial charge is 0.411 e. The molecule has 0 bridgehead atoms. The van der Waals surface area contributed by atoms with Crippen LogP contribution in [0.4, 0.5) is 5.69 Å². The van der Waals surface area contributed by atoms with Gasteiger partial charge in [-0.3, -0.25) is 10.1 Å². The van der Waals surface area contributed by atoms with Gasteiger partial charge < -0.3 is 4.42 Å². The van der Waals surface area contributed by atoms with E-state index in [1.807, 2.05) is 31.2 Å². The van der Waals surface area contributed by atoms with Crippen molar-refractivity contribution >= 4 is 39.0 Å². The number of rotatable bonds is 4. The van der Waals surface area contributed by atoms with Crippen molar-refractivity contribution in [2.75, 3.05) is 0 Å². The zero-order valence-electron chi connectivity index (χ0n) is 12.9. The summed E-state index contributed by atoms with van der Waals surface area (Å²) in [5, 5.41) is 19.3. The molecule has 0 aliphatic carbocycles. The van der Waals surface area contributed by atoms with Crippen molar-refractivity contribution < 1.29 is 9.34 Å². The van der Waals surface area contributed by atoms with Crippen molar-refractivity contribution in [1.29, 1.82) is 0 Å². The highest BCUT2D eigenvalue weighted by molar-refractivity contribution is 8.00. The minimum absolute atomic E-state index is 0.0483. The fraction of sp³-hybridized carbons (Fsp3) is 0.0625. The summed E-state index contributed by atoms with van der Waals surface area (Å²) < 4.78 is 7.11. The lowest BCUT2D eigenvalue weighted by atomic mass is 10.1. The molecule has 7 nitrogen and oxygen atoms in total. The van der Waals surface area contributed by atoms with Crippen molar-refractivity contribution in [2.45, 2.75) is 16.5 Å². The lowest BCUT2D eigenvalue weighted by molar-refractivity contribution is -0.384. The van der Waals surface area contributed by atoms with Crippen LogP contribution in [0.15, 0.2) is 56.4 Å². The molecule has 2 aromatic carbocycles. The summed E-state index contributed by atoms with van der Waals surface area (Å²) in [4.78, 5) is 14.9. The Kier molecular flexibility index (Phi) is 3.94. The van der Waals surface area contributed by atoms with Gasteiger partial charge in [-0.15, -0.1) is 21.5 Å². The Bertz CT molecular complexity index is 1070. The predicted molar refractivity (Wildman–Crippen MR) is 94.9 cm³/mol. The number of nitrogens with zero attached hydrogens (tertiary/aromatic N) is 4. The summed E-state index contributed by atoms with van der Waals surface area (Å²) in [6.07, 6.45) is 0. The maximum absolute atomic E-state index is 10.9. The van der Waals surface area contributed by atoms with E-state index in [1.165, 1.54) is 35.2 Å². The zero-order valence-corrected chi connectivity index (χ0v) is 14.5. The Morgan fingerprint density at radius 3 is 2.72 bits per heavy atom. The van der Waals surface area contributed by atoms with Crippen molar-refractivity contribution in [2.24, 2.45) is 0 Å². The molecule has 2 aromatic heterocycles. The maximum atomic E-state index is 10.9. The van der Waals surface area contributed by atoms with Gasteiger partial charge in [0.2, 0.25) is 5.89 Å². The number of nitro benzene ring substituents is 1. The van der Waals surface area contributed by atoms with E-state index in [1.54, 1.807) is 6.07 Å². The van der Waals surface area contributed by atoms with Crippen molar-refractivity contribution in [1.82, 2.24) is 15.2 Å². The number of aryl methyl sites for hydroxylation is 1. The van der Waals surface area contributed by atoms with Gasteiger partial charge in [0.25, 0.3) is 10.9 Å². The molecular weight excluding hydrogens is 360 g/mol. The first-order valence-corrected chi connectivity index (χ1v) is 8.85. The van der Waals surface area contributed by atoms with E-state index in [9.17, 15) is 10.1 Å². The Labute approximate surface area is 149 Å². The highest BCUT2D eigenvalue weighted by atomic mass is 32.2. The van der Waals surface area contributed by atoms with Crippen LogP contribution in [0.1, 0.15) is 5.56 Å². The number of hydrogen-bond donors (Lipinski definition) is 0. The van der Waals surface area contributed by atoms with E-state index >= 15 is 0 Å². The monoisotopic (exact) mass is 370 g/mol. The van der Waals surface area contributed by atoms with E-state index in [4.69, 9.17) is 4.42 Å². The molecular formula is C16H10N4O3S2. The topological polar surface area (TPSA) is 95.0 Å². The van der Waals surface area contributed by atoms with Gasteiger partial charge in [-0.05, 0) is 25.1 Å². The minimum Gasteiger partial charge on any atom is -0.411 e. The first-order valence-electron chi connectivity index (χ1n) is 7.22. The number of fused-ring (bicyclic) bond motifs is 1. The number of aromatic nitrogens is 3. The minimum atomic E-state index is -0.419. The molecule has 0 aliphatic heterocycles. The lowest BCUT2D eigenvalue weighted by Crippen LogP contribution is -1.85. The van der Waals surface area contributed by atoms with Crippen LogP contribution < -0.4 is 0 Å². The highest BCUT2D eigenvalue weighted by Crippen LogP contribution is 2.35. The molecule has 2 heterocycles. The van der Waals surface area contributed by atoms with E-state index < -0.39 is 4.92 Å². The Morgan fingerprint density at radius 2 is 1.96 bits per heavy atom. The van der Waals surface area contributed by atoms with Crippen LogP contribution in [-0.4, -0.2) is 20.1 Å². The highest BCUT2D eigenvalue weighted by Gasteiger charge is 2.14. The molecule has 0 spiro atoms. The average Bonchev–Trinajstić information content (AvgIpc) is 3.21. The molecule has 0 N–H and O–H groups in total. The molecule has 4 aromatic rings. The van der Waals surface area contributed by atoms with Gasteiger partial charge in [0, 0.05) is 29.5 Å². The summed E-state index contributed by atoms with van der Waals surface area (Å²) in [6, 6.07) is 12.4. The molecule has 0 unspecified atom stereocenters. The van der Waals surface area contributed by atoms with Gasteiger partial charge in [-0.1, -0.05) is 17.7 Å². The quantitative estimate of drug-likeness (QED) is 0.379. The van der Waals surface area contributed by atoms with Gasteiger partial charge >= 0.3 is 0 Å². The first-order chi connectivity index (χ1) is 12.1. The summed E-state index contributed by atoms with van der Waals surface area (Å²) in [5.74, 6) is 0.444. The fourth-order valence-corrected chi connectivity index (χ4v) is 4.06. The summed E-state index contributed by atoms with van der Waals surface area (Å²) >= 11 is 2.59. The number of non-ortho nitro benzene ring substituents is 1. The van der Waals surface area contributed by atoms with Gasteiger partial charge in [-0.2, -0.15) is 0 Å². The first kappa shape index (κ1) is 15.7. The van der Waals surface area contributed by atoms with Gasteiger partial charge in [0.15, 0.2) is 4.34 Å². The van der Waals surface area contributed by atoms with E-state index in [0.717, 1.165) is 15.8 Å². The van der Waals surface area contributed by atoms with Crippen LogP contribution in [0.25, 0.3) is 21.7 Å². The standard InChI is InChI=1S/C16H10N4O3S2/c1-9-2-4-10(5-3-9)14-18-19-15(23-14)25-16-17-12-7-6-11(20(21)22)8-13(12)24-16/h2-8H,1H3. The second-order valence-corrected chi connectivity index (χ2v) is 7.46. The third-order valence-corrected chi connectivity index (χ3v) is 5.36. The Morgan fingerprint density at radius 1 is 1.16 bits per heavy atom. The molecule has 0 saturated carbocycles. The van der Waals surface area contributed by atoms with Crippen LogP contribution in [0.5, 0.6) is 0 Å². The molecule has 4 rings (SSSR count). The Balaban J connectivity index is 1.59. The third kappa shape index (κ3) is 3.24. The Hall–Kier alpha value is -2.78.